The van der Waals surface area contributed by atoms with E-state index in [1.807, 2.05) is 32.9 Å². The van der Waals surface area contributed by atoms with E-state index >= 15 is 0 Å². The van der Waals surface area contributed by atoms with Gasteiger partial charge >= 0.3 is 0 Å². The predicted molar refractivity (Wildman–Crippen MR) is 111 cm³/mol. The van der Waals surface area contributed by atoms with Crippen LogP contribution in [0.15, 0.2) is 48.5 Å². The van der Waals surface area contributed by atoms with Gasteiger partial charge in [-0.1, -0.05) is 32.9 Å². The maximum Gasteiger partial charge on any atom is 0.255 e. The van der Waals surface area contributed by atoms with Crippen LogP contribution in [0.2, 0.25) is 0 Å². The van der Waals surface area contributed by atoms with Crippen LogP contribution in [0, 0.1) is 5.41 Å². The van der Waals surface area contributed by atoms with Crippen molar-refractivity contribution in [3.8, 4) is 0 Å². The van der Waals surface area contributed by atoms with Gasteiger partial charge in [-0.05, 0) is 42.8 Å². The Morgan fingerprint density at radius 2 is 1.64 bits per heavy atom. The van der Waals surface area contributed by atoms with Gasteiger partial charge in [0.25, 0.3) is 5.91 Å². The Morgan fingerprint density at radius 1 is 0.964 bits per heavy atom. The van der Waals surface area contributed by atoms with Crippen molar-refractivity contribution >= 4 is 34.8 Å². The molecule has 2 aromatic rings. The van der Waals surface area contributed by atoms with Gasteiger partial charge in [0.15, 0.2) is 0 Å². The number of amides is 3. The van der Waals surface area contributed by atoms with Gasteiger partial charge in [0.1, 0.15) is 0 Å². The van der Waals surface area contributed by atoms with E-state index in [1.54, 1.807) is 41.3 Å². The summed E-state index contributed by atoms with van der Waals surface area (Å²) in [6, 6.07) is 14.1. The molecule has 0 aliphatic carbocycles. The second-order valence-electron chi connectivity index (χ2n) is 7.94. The van der Waals surface area contributed by atoms with E-state index in [-0.39, 0.29) is 17.7 Å². The molecule has 3 amide bonds. The summed E-state index contributed by atoms with van der Waals surface area (Å²) in [5.74, 6) is -0.296. The molecule has 1 fully saturated rings. The van der Waals surface area contributed by atoms with E-state index in [2.05, 4.69) is 10.6 Å². The Labute approximate surface area is 164 Å². The number of rotatable bonds is 4. The molecule has 0 bridgehead atoms. The minimum Gasteiger partial charge on any atom is -0.326 e. The van der Waals surface area contributed by atoms with Crippen LogP contribution >= 0.6 is 0 Å². The van der Waals surface area contributed by atoms with E-state index in [0.29, 0.717) is 29.9 Å². The van der Waals surface area contributed by atoms with Gasteiger partial charge in [0.05, 0.1) is 0 Å². The number of nitrogens with zero attached hydrogens (tertiary/aromatic N) is 1. The van der Waals surface area contributed by atoms with Crippen LogP contribution < -0.4 is 15.5 Å². The van der Waals surface area contributed by atoms with Crippen LogP contribution in [0.25, 0.3) is 0 Å². The molecule has 6 heteroatoms. The number of anilines is 3. The summed E-state index contributed by atoms with van der Waals surface area (Å²) in [5.41, 5.74) is 1.89. The first-order valence-corrected chi connectivity index (χ1v) is 9.37. The molecule has 0 spiro atoms. The van der Waals surface area contributed by atoms with E-state index in [4.69, 9.17) is 0 Å². The minimum absolute atomic E-state index is 0.103. The zero-order chi connectivity index (χ0) is 20.3. The van der Waals surface area contributed by atoms with Crippen molar-refractivity contribution in [3.05, 3.63) is 54.1 Å². The lowest BCUT2D eigenvalue weighted by molar-refractivity contribution is -0.123. The van der Waals surface area contributed by atoms with Crippen LogP contribution in [-0.2, 0) is 9.59 Å². The third-order valence-corrected chi connectivity index (χ3v) is 4.55. The minimum atomic E-state index is -0.522. The van der Waals surface area contributed by atoms with Gasteiger partial charge in [-0.15, -0.1) is 0 Å². The molecule has 0 unspecified atom stereocenters. The summed E-state index contributed by atoms with van der Waals surface area (Å²) in [5, 5.41) is 5.69. The van der Waals surface area contributed by atoms with Gasteiger partial charge in [-0.3, -0.25) is 14.4 Å². The highest BCUT2D eigenvalue weighted by molar-refractivity contribution is 6.06. The summed E-state index contributed by atoms with van der Waals surface area (Å²) in [4.78, 5) is 38.5. The standard InChI is InChI=1S/C22H25N3O3/c1-22(2,3)21(28)24-16-8-4-7-15(13-16)20(27)23-17-9-5-10-18(14-17)25-12-6-11-19(25)26/h4-5,7-10,13-14H,6,11-12H2,1-3H3,(H,23,27)(H,24,28). The van der Waals surface area contributed by atoms with Crippen molar-refractivity contribution in [1.82, 2.24) is 0 Å². The lowest BCUT2D eigenvalue weighted by Gasteiger charge is -2.18. The monoisotopic (exact) mass is 379 g/mol. The van der Waals surface area contributed by atoms with Crippen LogP contribution in [0.4, 0.5) is 17.1 Å². The fraction of sp³-hybridized carbons (Fsp3) is 0.318. The lowest BCUT2D eigenvalue weighted by atomic mass is 9.95. The first-order chi connectivity index (χ1) is 13.2. The second kappa shape index (κ2) is 7.84. The molecule has 0 aromatic heterocycles. The molecule has 3 rings (SSSR count). The lowest BCUT2D eigenvalue weighted by Crippen LogP contribution is -2.27. The third kappa shape index (κ3) is 4.57. The summed E-state index contributed by atoms with van der Waals surface area (Å²) < 4.78 is 0. The molecule has 28 heavy (non-hydrogen) atoms. The summed E-state index contributed by atoms with van der Waals surface area (Å²) in [6.07, 6.45) is 1.41. The Hall–Kier alpha value is -3.15. The van der Waals surface area contributed by atoms with Gasteiger partial charge in [0, 0.05) is 41.0 Å². The molecular weight excluding hydrogens is 354 g/mol. The molecule has 0 radical (unpaired) electrons. The van der Waals surface area contributed by atoms with Crippen molar-refractivity contribution in [1.29, 1.82) is 0 Å². The SMILES string of the molecule is CC(C)(C)C(=O)Nc1cccc(C(=O)Nc2cccc(N3CCCC3=O)c2)c1. The largest absolute Gasteiger partial charge is 0.326 e. The summed E-state index contributed by atoms with van der Waals surface area (Å²) >= 11 is 0. The van der Waals surface area contributed by atoms with E-state index in [0.717, 1.165) is 12.1 Å². The number of hydrogen-bond donors (Lipinski definition) is 2. The smallest absolute Gasteiger partial charge is 0.255 e. The molecular formula is C22H25N3O3. The Balaban J connectivity index is 1.72. The van der Waals surface area contributed by atoms with Crippen molar-refractivity contribution < 1.29 is 14.4 Å². The highest BCUT2D eigenvalue weighted by atomic mass is 16.2. The molecule has 0 saturated carbocycles. The van der Waals surface area contributed by atoms with E-state index < -0.39 is 5.41 Å². The first kappa shape index (κ1) is 19.6. The van der Waals surface area contributed by atoms with Crippen LogP contribution in [0.5, 0.6) is 0 Å². The van der Waals surface area contributed by atoms with Crippen molar-refractivity contribution in [2.75, 3.05) is 22.1 Å². The summed E-state index contributed by atoms with van der Waals surface area (Å²) in [6.45, 7) is 6.19. The van der Waals surface area contributed by atoms with Crippen LogP contribution in [-0.4, -0.2) is 24.3 Å². The topological polar surface area (TPSA) is 78.5 Å². The zero-order valence-electron chi connectivity index (χ0n) is 16.4. The first-order valence-electron chi connectivity index (χ1n) is 9.37. The molecule has 2 aromatic carbocycles. The number of carbonyl (C=O) groups is 3. The number of carbonyl (C=O) groups excluding carboxylic acids is 3. The molecule has 2 N–H and O–H groups in total. The highest BCUT2D eigenvalue weighted by Gasteiger charge is 2.22. The fourth-order valence-corrected chi connectivity index (χ4v) is 2.93. The molecule has 1 aliphatic rings. The average Bonchev–Trinajstić information content (AvgIpc) is 3.07. The third-order valence-electron chi connectivity index (χ3n) is 4.55. The van der Waals surface area contributed by atoms with E-state index in [1.165, 1.54) is 0 Å². The number of hydrogen-bond acceptors (Lipinski definition) is 3. The maximum atomic E-state index is 12.6. The molecule has 1 heterocycles. The van der Waals surface area contributed by atoms with Gasteiger partial charge in [-0.25, -0.2) is 0 Å². The summed E-state index contributed by atoms with van der Waals surface area (Å²) in [7, 11) is 0. The Morgan fingerprint density at radius 3 is 2.29 bits per heavy atom. The fourth-order valence-electron chi connectivity index (χ4n) is 2.93. The van der Waals surface area contributed by atoms with Gasteiger partial charge in [-0.2, -0.15) is 0 Å². The molecule has 6 nitrogen and oxygen atoms in total. The van der Waals surface area contributed by atoms with Crippen LogP contribution in [0.1, 0.15) is 44.0 Å². The molecule has 1 aliphatic heterocycles. The second-order valence-corrected chi connectivity index (χ2v) is 7.94. The van der Waals surface area contributed by atoms with Gasteiger partial charge in [0.2, 0.25) is 11.8 Å². The Kier molecular flexibility index (Phi) is 5.49. The molecule has 1 saturated heterocycles. The van der Waals surface area contributed by atoms with Crippen molar-refractivity contribution in [3.63, 3.8) is 0 Å². The van der Waals surface area contributed by atoms with E-state index in [9.17, 15) is 14.4 Å². The normalized spacial score (nSPS) is 14.1. The van der Waals surface area contributed by atoms with Crippen LogP contribution in [0.3, 0.4) is 0 Å². The maximum absolute atomic E-state index is 12.6. The number of benzene rings is 2. The zero-order valence-corrected chi connectivity index (χ0v) is 16.4. The molecule has 146 valence electrons. The van der Waals surface area contributed by atoms with Gasteiger partial charge < -0.3 is 15.5 Å². The Bertz CT molecular complexity index is 915. The number of nitrogens with one attached hydrogen (secondary N) is 2. The average molecular weight is 379 g/mol. The van der Waals surface area contributed by atoms with Crippen molar-refractivity contribution in [2.24, 2.45) is 5.41 Å². The quantitative estimate of drug-likeness (QED) is 0.841. The molecule has 0 atom stereocenters. The van der Waals surface area contributed by atoms with Crippen molar-refractivity contribution in [2.45, 2.75) is 33.6 Å². The highest BCUT2D eigenvalue weighted by Crippen LogP contribution is 2.25. The predicted octanol–water partition coefficient (Wildman–Crippen LogP) is 4.05.